The molecule has 1 aromatic heterocycles. The van der Waals surface area contributed by atoms with Gasteiger partial charge in [-0.05, 0) is 42.3 Å². The van der Waals surface area contributed by atoms with Crippen LogP contribution in [0.5, 0.6) is 0 Å². The molecule has 1 aliphatic carbocycles. The third-order valence-corrected chi connectivity index (χ3v) is 5.02. The second-order valence-electron chi connectivity index (χ2n) is 6.73. The summed E-state index contributed by atoms with van der Waals surface area (Å²) in [5.74, 6) is 0.221. The molecule has 0 saturated heterocycles. The summed E-state index contributed by atoms with van der Waals surface area (Å²) < 4.78 is 39.1. The van der Waals surface area contributed by atoms with Gasteiger partial charge in [0.25, 0.3) is 0 Å². The lowest BCUT2D eigenvalue weighted by Gasteiger charge is -2.13. The van der Waals surface area contributed by atoms with Gasteiger partial charge in [0.1, 0.15) is 0 Å². The number of aromatic nitrogens is 1. The minimum Gasteiger partial charge on any atom is -0.327 e. The highest BCUT2D eigenvalue weighted by molar-refractivity contribution is 6.30. The highest BCUT2D eigenvalue weighted by Gasteiger charge is 2.37. The Morgan fingerprint density at radius 1 is 0.963 bits per heavy atom. The zero-order valence-electron chi connectivity index (χ0n) is 14.2. The lowest BCUT2D eigenvalue weighted by molar-refractivity contribution is -0.137. The van der Waals surface area contributed by atoms with Gasteiger partial charge in [-0.1, -0.05) is 41.9 Å². The van der Waals surface area contributed by atoms with Crippen molar-refractivity contribution in [2.24, 2.45) is 5.73 Å². The molecule has 6 heteroatoms. The lowest BCUT2D eigenvalue weighted by Crippen LogP contribution is -2.05. The molecule has 0 radical (unpaired) electrons. The summed E-state index contributed by atoms with van der Waals surface area (Å²) in [6.45, 7) is 0. The average Bonchev–Trinajstić information content (AvgIpc) is 3.38. The molecular weight excluding hydrogens is 373 g/mol. The van der Waals surface area contributed by atoms with Gasteiger partial charge >= 0.3 is 6.18 Å². The average molecular weight is 389 g/mol. The maximum atomic E-state index is 13.0. The second kappa shape index (κ2) is 6.66. The normalized spacial score (nSPS) is 19.1. The first-order valence-electron chi connectivity index (χ1n) is 8.53. The van der Waals surface area contributed by atoms with E-state index in [0.29, 0.717) is 16.3 Å². The fraction of sp³-hybridized carbons (Fsp3) is 0.190. The van der Waals surface area contributed by atoms with Gasteiger partial charge in [0.2, 0.25) is 0 Å². The monoisotopic (exact) mass is 388 g/mol. The van der Waals surface area contributed by atoms with Crippen molar-refractivity contribution < 1.29 is 13.2 Å². The number of nitrogens with two attached hydrogens (primary N) is 1. The topological polar surface area (TPSA) is 38.9 Å². The van der Waals surface area contributed by atoms with E-state index < -0.39 is 11.7 Å². The Bertz CT molecular complexity index is 983. The van der Waals surface area contributed by atoms with Crippen LogP contribution in [0.3, 0.4) is 0 Å². The van der Waals surface area contributed by atoms with Gasteiger partial charge in [-0.25, -0.2) is 4.98 Å². The molecule has 3 aromatic rings. The van der Waals surface area contributed by atoms with Crippen molar-refractivity contribution >= 4 is 11.6 Å². The highest BCUT2D eigenvalue weighted by Crippen LogP contribution is 2.44. The van der Waals surface area contributed by atoms with Gasteiger partial charge < -0.3 is 5.73 Å². The molecule has 0 aliphatic heterocycles. The zero-order chi connectivity index (χ0) is 19.2. The summed E-state index contributed by atoms with van der Waals surface area (Å²) in [5, 5.41) is 0.609. The predicted molar refractivity (Wildman–Crippen MR) is 100 cm³/mol. The van der Waals surface area contributed by atoms with Gasteiger partial charge in [-0.3, -0.25) is 0 Å². The molecule has 2 N–H and O–H groups in total. The molecule has 2 aromatic carbocycles. The van der Waals surface area contributed by atoms with Gasteiger partial charge in [0, 0.05) is 28.1 Å². The number of hydrogen-bond acceptors (Lipinski definition) is 2. The predicted octanol–water partition coefficient (Wildman–Crippen LogP) is 5.90. The van der Waals surface area contributed by atoms with Gasteiger partial charge in [-0.2, -0.15) is 13.2 Å². The third-order valence-electron chi connectivity index (χ3n) is 4.77. The van der Waals surface area contributed by atoms with E-state index in [1.54, 1.807) is 24.3 Å². The Kier molecular flexibility index (Phi) is 4.44. The molecule has 1 heterocycles. The summed E-state index contributed by atoms with van der Waals surface area (Å²) in [6.07, 6.45) is -3.51. The molecule has 0 bridgehead atoms. The van der Waals surface area contributed by atoms with E-state index in [0.717, 1.165) is 35.4 Å². The number of alkyl halides is 3. The molecule has 138 valence electrons. The van der Waals surface area contributed by atoms with E-state index in [1.165, 1.54) is 6.07 Å². The van der Waals surface area contributed by atoms with Crippen molar-refractivity contribution in [2.75, 3.05) is 0 Å². The van der Waals surface area contributed by atoms with Crippen LogP contribution in [0.25, 0.3) is 22.5 Å². The van der Waals surface area contributed by atoms with Crippen LogP contribution in [0, 0.1) is 0 Å². The van der Waals surface area contributed by atoms with Crippen molar-refractivity contribution in [3.63, 3.8) is 0 Å². The summed E-state index contributed by atoms with van der Waals surface area (Å²) in [7, 11) is 0. The smallest absolute Gasteiger partial charge is 0.327 e. The molecule has 1 aliphatic rings. The zero-order valence-corrected chi connectivity index (χ0v) is 14.9. The third kappa shape index (κ3) is 3.70. The minimum absolute atomic E-state index is 0.0947. The van der Waals surface area contributed by atoms with E-state index >= 15 is 0 Å². The number of halogens is 4. The maximum absolute atomic E-state index is 13.0. The van der Waals surface area contributed by atoms with E-state index in [9.17, 15) is 13.2 Å². The summed E-state index contributed by atoms with van der Waals surface area (Å²) in [6, 6.07) is 16.2. The van der Waals surface area contributed by atoms with Crippen LogP contribution >= 0.6 is 11.6 Å². The van der Waals surface area contributed by atoms with Crippen molar-refractivity contribution in [1.29, 1.82) is 0 Å². The lowest BCUT2D eigenvalue weighted by atomic mass is 9.99. The largest absolute Gasteiger partial charge is 0.416 e. The Labute approximate surface area is 159 Å². The first kappa shape index (κ1) is 18.0. The first-order chi connectivity index (χ1) is 12.8. The van der Waals surface area contributed by atoms with E-state index in [4.69, 9.17) is 22.3 Å². The number of nitrogens with zero attached hydrogens (tertiary/aromatic N) is 1. The molecule has 1 fully saturated rings. The molecule has 2 unspecified atom stereocenters. The number of benzene rings is 2. The van der Waals surface area contributed by atoms with Crippen molar-refractivity contribution in [3.8, 4) is 22.5 Å². The van der Waals surface area contributed by atoms with E-state index in [-0.39, 0.29) is 12.0 Å². The number of pyridine rings is 1. The fourth-order valence-electron chi connectivity index (χ4n) is 3.20. The molecular formula is C21H16ClF3N2. The van der Waals surface area contributed by atoms with Crippen LogP contribution in [-0.4, -0.2) is 11.0 Å². The Balaban J connectivity index is 1.82. The van der Waals surface area contributed by atoms with Crippen molar-refractivity contribution in [1.82, 2.24) is 4.98 Å². The molecule has 2 nitrogen and oxygen atoms in total. The van der Waals surface area contributed by atoms with Crippen LogP contribution in [0.2, 0.25) is 5.02 Å². The summed E-state index contributed by atoms with van der Waals surface area (Å²) >= 11 is 5.98. The van der Waals surface area contributed by atoms with Crippen LogP contribution in [0.4, 0.5) is 13.2 Å². The van der Waals surface area contributed by atoms with Gasteiger partial charge in [-0.15, -0.1) is 0 Å². The number of rotatable bonds is 3. The van der Waals surface area contributed by atoms with Crippen LogP contribution < -0.4 is 5.73 Å². The molecule has 0 spiro atoms. The molecule has 4 rings (SSSR count). The SMILES string of the molecule is NC1CC1c1ccc(-c2cccc(C(F)(F)F)c2)nc1-c1ccc(Cl)cc1. The van der Waals surface area contributed by atoms with Crippen LogP contribution in [0.15, 0.2) is 60.7 Å². The molecule has 1 saturated carbocycles. The second-order valence-corrected chi connectivity index (χ2v) is 7.16. The van der Waals surface area contributed by atoms with Gasteiger partial charge in [0.15, 0.2) is 0 Å². The molecule has 0 amide bonds. The van der Waals surface area contributed by atoms with Crippen molar-refractivity contribution in [2.45, 2.75) is 24.6 Å². The Morgan fingerprint density at radius 2 is 1.67 bits per heavy atom. The summed E-state index contributed by atoms with van der Waals surface area (Å²) in [4.78, 5) is 4.70. The van der Waals surface area contributed by atoms with E-state index in [2.05, 4.69) is 0 Å². The van der Waals surface area contributed by atoms with Crippen LogP contribution in [0.1, 0.15) is 23.5 Å². The van der Waals surface area contributed by atoms with Crippen LogP contribution in [-0.2, 0) is 6.18 Å². The summed E-state index contributed by atoms with van der Waals surface area (Å²) in [5.41, 5.74) is 8.85. The number of hydrogen-bond donors (Lipinski definition) is 1. The quantitative estimate of drug-likeness (QED) is 0.606. The van der Waals surface area contributed by atoms with Crippen molar-refractivity contribution in [3.05, 3.63) is 76.8 Å². The molecule has 2 atom stereocenters. The highest BCUT2D eigenvalue weighted by atomic mass is 35.5. The fourth-order valence-corrected chi connectivity index (χ4v) is 3.32. The van der Waals surface area contributed by atoms with Gasteiger partial charge in [0.05, 0.1) is 17.0 Å². The Morgan fingerprint density at radius 3 is 2.30 bits per heavy atom. The maximum Gasteiger partial charge on any atom is 0.416 e. The first-order valence-corrected chi connectivity index (χ1v) is 8.91. The molecule has 27 heavy (non-hydrogen) atoms. The Hall–Kier alpha value is -2.37. The minimum atomic E-state index is -4.39. The van der Waals surface area contributed by atoms with E-state index in [1.807, 2.05) is 18.2 Å². The standard InChI is InChI=1S/C21H16ClF3N2/c22-15-6-4-12(5-7-15)20-16(17-11-18(17)26)8-9-19(27-20)13-2-1-3-14(10-13)21(23,24)25/h1-10,17-18H,11,26H2.